The molecular formula is C10H16N2. The molecule has 1 aliphatic rings. The van der Waals surface area contributed by atoms with Gasteiger partial charge in [0.25, 0.3) is 0 Å². The van der Waals surface area contributed by atoms with E-state index in [2.05, 4.69) is 22.5 Å². The van der Waals surface area contributed by atoms with E-state index >= 15 is 0 Å². The van der Waals surface area contributed by atoms with Crippen LogP contribution in [0.4, 0.5) is 0 Å². The summed E-state index contributed by atoms with van der Waals surface area (Å²) in [7, 11) is 1.97. The monoisotopic (exact) mass is 164 g/mol. The van der Waals surface area contributed by atoms with Crippen LogP contribution in [0.5, 0.6) is 0 Å². The summed E-state index contributed by atoms with van der Waals surface area (Å²) < 4.78 is 0. The molecule has 0 aromatic rings. The molecule has 0 amide bonds. The molecule has 1 heterocycles. The predicted octanol–water partition coefficient (Wildman–Crippen LogP) is 1.90. The van der Waals surface area contributed by atoms with Crippen molar-refractivity contribution >= 4 is 6.21 Å². The maximum Gasteiger partial charge on any atom is 0.0295 e. The van der Waals surface area contributed by atoms with Crippen LogP contribution in [0.25, 0.3) is 0 Å². The van der Waals surface area contributed by atoms with Gasteiger partial charge >= 0.3 is 0 Å². The van der Waals surface area contributed by atoms with Crippen LogP contribution in [0.3, 0.4) is 0 Å². The lowest BCUT2D eigenvalue weighted by Crippen LogP contribution is -2.05. The Morgan fingerprint density at radius 3 is 3.25 bits per heavy atom. The van der Waals surface area contributed by atoms with Crippen molar-refractivity contribution in [1.82, 2.24) is 5.32 Å². The maximum atomic E-state index is 4.10. The van der Waals surface area contributed by atoms with Crippen LogP contribution < -0.4 is 5.32 Å². The quantitative estimate of drug-likeness (QED) is 0.630. The van der Waals surface area contributed by atoms with Crippen LogP contribution in [-0.4, -0.2) is 19.8 Å². The zero-order valence-corrected chi connectivity index (χ0v) is 7.59. The van der Waals surface area contributed by atoms with Gasteiger partial charge in [-0.3, -0.25) is 4.99 Å². The van der Waals surface area contributed by atoms with Crippen LogP contribution in [0, 0.1) is 0 Å². The number of rotatable bonds is 4. The smallest absolute Gasteiger partial charge is 0.0295 e. The second kappa shape index (κ2) is 5.72. The van der Waals surface area contributed by atoms with E-state index in [0.29, 0.717) is 0 Å². The normalized spacial score (nSPS) is 16.9. The summed E-state index contributed by atoms with van der Waals surface area (Å²) >= 11 is 0. The summed E-state index contributed by atoms with van der Waals surface area (Å²) in [6.45, 7) is 1.05. The van der Waals surface area contributed by atoms with Crippen LogP contribution in [0.1, 0.15) is 19.3 Å². The lowest BCUT2D eigenvalue weighted by molar-refractivity contribution is 0.807. The highest BCUT2D eigenvalue weighted by Gasteiger charge is 1.94. The lowest BCUT2D eigenvalue weighted by atomic mass is 10.1. The minimum absolute atomic E-state index is 1.05. The van der Waals surface area contributed by atoms with E-state index in [1.807, 2.05) is 19.5 Å². The molecule has 66 valence electrons. The Hall–Kier alpha value is -0.890. The van der Waals surface area contributed by atoms with Crippen LogP contribution in [-0.2, 0) is 0 Å². The standard InChI is InChI=1S/C10H16N2/c1-11-7-3-2-5-10-6-4-8-12-9-10/h2,5,8-9,11H,3-4,6-7H2,1H3/b5-2+. The topological polar surface area (TPSA) is 24.4 Å². The summed E-state index contributed by atoms with van der Waals surface area (Å²) in [5.74, 6) is 0. The molecule has 0 aliphatic carbocycles. The fraction of sp³-hybridized carbons (Fsp3) is 0.500. The third kappa shape index (κ3) is 3.49. The van der Waals surface area contributed by atoms with Crippen LogP contribution in [0.15, 0.2) is 28.9 Å². The fourth-order valence-corrected chi connectivity index (χ4v) is 1.11. The Balaban J connectivity index is 2.24. The van der Waals surface area contributed by atoms with E-state index < -0.39 is 0 Å². The molecule has 0 atom stereocenters. The Morgan fingerprint density at radius 2 is 2.58 bits per heavy atom. The summed E-state index contributed by atoms with van der Waals surface area (Å²) in [6, 6.07) is 0. The van der Waals surface area contributed by atoms with E-state index in [0.717, 1.165) is 25.8 Å². The van der Waals surface area contributed by atoms with Gasteiger partial charge in [-0.05, 0) is 38.4 Å². The first-order chi connectivity index (χ1) is 5.93. The average molecular weight is 164 g/mol. The SMILES string of the molecule is CNCC/C=C/C1=CN=CCC1. The Morgan fingerprint density at radius 1 is 1.67 bits per heavy atom. The van der Waals surface area contributed by atoms with E-state index in [4.69, 9.17) is 0 Å². The third-order valence-corrected chi connectivity index (χ3v) is 1.80. The van der Waals surface area contributed by atoms with E-state index in [1.54, 1.807) is 0 Å². The number of allylic oxidation sites excluding steroid dienone is 2. The van der Waals surface area contributed by atoms with Crippen molar-refractivity contribution in [3.63, 3.8) is 0 Å². The lowest BCUT2D eigenvalue weighted by Gasteiger charge is -2.01. The zero-order chi connectivity index (χ0) is 8.65. The minimum Gasteiger partial charge on any atom is -0.319 e. The molecule has 1 rings (SSSR count). The van der Waals surface area contributed by atoms with Crippen LogP contribution in [0.2, 0.25) is 0 Å². The summed E-state index contributed by atoms with van der Waals surface area (Å²) in [6.07, 6.45) is 11.6. The second-order valence-electron chi connectivity index (χ2n) is 2.87. The zero-order valence-electron chi connectivity index (χ0n) is 7.59. The molecule has 0 saturated carbocycles. The first-order valence-electron chi connectivity index (χ1n) is 4.45. The summed E-state index contributed by atoms with van der Waals surface area (Å²) in [5.41, 5.74) is 1.34. The molecule has 0 aromatic carbocycles. The largest absolute Gasteiger partial charge is 0.319 e. The summed E-state index contributed by atoms with van der Waals surface area (Å²) in [5, 5.41) is 3.11. The van der Waals surface area contributed by atoms with Crippen molar-refractivity contribution in [3.8, 4) is 0 Å². The molecule has 1 aliphatic heterocycles. The molecule has 0 bridgehead atoms. The molecule has 0 unspecified atom stereocenters. The Labute approximate surface area is 74.1 Å². The van der Waals surface area contributed by atoms with Gasteiger partial charge in [-0.25, -0.2) is 0 Å². The van der Waals surface area contributed by atoms with Crippen molar-refractivity contribution < 1.29 is 0 Å². The van der Waals surface area contributed by atoms with Gasteiger partial charge in [0.05, 0.1) is 0 Å². The van der Waals surface area contributed by atoms with Crippen molar-refractivity contribution in [2.45, 2.75) is 19.3 Å². The molecule has 0 aromatic heterocycles. The first-order valence-corrected chi connectivity index (χ1v) is 4.45. The van der Waals surface area contributed by atoms with Gasteiger partial charge in [0, 0.05) is 12.4 Å². The first kappa shape index (κ1) is 9.20. The van der Waals surface area contributed by atoms with Gasteiger partial charge in [0.15, 0.2) is 0 Å². The third-order valence-electron chi connectivity index (χ3n) is 1.80. The number of aliphatic imine (C=N–C) groups is 1. The van der Waals surface area contributed by atoms with Gasteiger partial charge in [-0.1, -0.05) is 12.2 Å². The molecule has 0 saturated heterocycles. The van der Waals surface area contributed by atoms with Crippen molar-refractivity contribution in [3.05, 3.63) is 23.9 Å². The molecule has 0 fully saturated rings. The number of nitrogens with zero attached hydrogens (tertiary/aromatic N) is 1. The highest BCUT2D eigenvalue weighted by molar-refractivity contribution is 5.60. The molecule has 1 N–H and O–H groups in total. The van der Waals surface area contributed by atoms with E-state index in [-0.39, 0.29) is 0 Å². The van der Waals surface area contributed by atoms with Crippen molar-refractivity contribution in [2.75, 3.05) is 13.6 Å². The molecule has 2 nitrogen and oxygen atoms in total. The van der Waals surface area contributed by atoms with Crippen LogP contribution >= 0.6 is 0 Å². The van der Waals surface area contributed by atoms with Gasteiger partial charge in [-0.15, -0.1) is 0 Å². The Bertz CT molecular complexity index is 202. The number of hydrogen-bond acceptors (Lipinski definition) is 2. The highest BCUT2D eigenvalue weighted by atomic mass is 14.8. The van der Waals surface area contributed by atoms with Gasteiger partial charge in [0.2, 0.25) is 0 Å². The molecule has 0 radical (unpaired) electrons. The molecule has 0 spiro atoms. The number of hydrogen-bond donors (Lipinski definition) is 1. The minimum atomic E-state index is 1.05. The molecular weight excluding hydrogens is 148 g/mol. The van der Waals surface area contributed by atoms with Crippen molar-refractivity contribution in [2.24, 2.45) is 4.99 Å². The van der Waals surface area contributed by atoms with Gasteiger partial charge < -0.3 is 5.32 Å². The second-order valence-corrected chi connectivity index (χ2v) is 2.87. The highest BCUT2D eigenvalue weighted by Crippen LogP contribution is 2.10. The fourth-order valence-electron chi connectivity index (χ4n) is 1.11. The average Bonchev–Trinajstić information content (AvgIpc) is 2.14. The summed E-state index contributed by atoms with van der Waals surface area (Å²) in [4.78, 5) is 4.10. The van der Waals surface area contributed by atoms with Gasteiger partial charge in [-0.2, -0.15) is 0 Å². The van der Waals surface area contributed by atoms with Crippen molar-refractivity contribution in [1.29, 1.82) is 0 Å². The molecule has 2 heteroatoms. The predicted molar refractivity (Wildman–Crippen MR) is 53.5 cm³/mol. The Kier molecular flexibility index (Phi) is 4.39. The van der Waals surface area contributed by atoms with E-state index in [1.165, 1.54) is 5.57 Å². The van der Waals surface area contributed by atoms with E-state index in [9.17, 15) is 0 Å². The maximum absolute atomic E-state index is 4.10. The number of nitrogens with one attached hydrogen (secondary N) is 1. The molecule has 12 heavy (non-hydrogen) atoms. The van der Waals surface area contributed by atoms with Gasteiger partial charge in [0.1, 0.15) is 0 Å².